The molecule has 0 unspecified atom stereocenters. The second kappa shape index (κ2) is 12.7. The van der Waals surface area contributed by atoms with Gasteiger partial charge in [-0.3, -0.25) is 4.79 Å². The van der Waals surface area contributed by atoms with Gasteiger partial charge in [-0.15, -0.1) is 0 Å². The Balaban J connectivity index is 1.16. The van der Waals surface area contributed by atoms with Crippen LogP contribution in [0.25, 0.3) is 0 Å². The molecule has 2 aromatic carbocycles. The predicted octanol–water partition coefficient (Wildman–Crippen LogP) is 4.82. The molecule has 36 heavy (non-hydrogen) atoms. The fourth-order valence-corrected chi connectivity index (χ4v) is 4.23. The highest BCUT2D eigenvalue weighted by Gasteiger charge is 2.24. The minimum absolute atomic E-state index is 0.108. The third kappa shape index (κ3) is 7.57. The van der Waals surface area contributed by atoms with Crippen LogP contribution in [0, 0.1) is 12.8 Å². The van der Waals surface area contributed by atoms with Crippen molar-refractivity contribution >= 4 is 17.8 Å². The molecule has 3 aromatic rings. The Morgan fingerprint density at radius 2 is 1.75 bits per heavy atom. The lowest BCUT2D eigenvalue weighted by Gasteiger charge is -2.31. The number of likely N-dealkylation sites (tertiary alicyclic amines) is 1. The summed E-state index contributed by atoms with van der Waals surface area (Å²) in [5, 5.41) is 6.34. The van der Waals surface area contributed by atoms with Crippen LogP contribution in [0.1, 0.15) is 39.9 Å². The van der Waals surface area contributed by atoms with Crippen LogP contribution in [0.4, 0.5) is 10.6 Å². The van der Waals surface area contributed by atoms with E-state index in [1.54, 1.807) is 23.2 Å². The van der Waals surface area contributed by atoms with Crippen molar-refractivity contribution in [1.29, 1.82) is 0 Å². The standard InChI is InChI=1S/C29H34N4O3/c1-22-7-9-25(10-8-22)21-36-29(35)33-17-13-24(14-18-33)20-32-28(34)26-12-16-31-27(19-26)30-15-11-23-5-3-2-4-6-23/h2-10,12,16,19,24H,11,13-15,17-18,20-21H2,1H3,(H,30,31)(H,32,34). The molecule has 0 radical (unpaired) electrons. The van der Waals surface area contributed by atoms with E-state index in [1.807, 2.05) is 49.4 Å². The maximum Gasteiger partial charge on any atom is 0.410 e. The normalized spacial score (nSPS) is 13.8. The zero-order valence-corrected chi connectivity index (χ0v) is 20.8. The third-order valence-electron chi connectivity index (χ3n) is 6.49. The molecule has 1 aliphatic rings. The lowest BCUT2D eigenvalue weighted by molar-refractivity contribution is 0.0801. The maximum atomic E-state index is 12.7. The number of pyridine rings is 1. The van der Waals surface area contributed by atoms with Crippen LogP contribution < -0.4 is 10.6 Å². The molecule has 1 fully saturated rings. The van der Waals surface area contributed by atoms with Gasteiger partial charge in [0, 0.05) is 37.9 Å². The predicted molar refractivity (Wildman–Crippen MR) is 141 cm³/mol. The minimum atomic E-state index is -0.276. The van der Waals surface area contributed by atoms with Gasteiger partial charge in [0.25, 0.3) is 5.91 Å². The summed E-state index contributed by atoms with van der Waals surface area (Å²) in [6.45, 7) is 4.92. The highest BCUT2D eigenvalue weighted by atomic mass is 16.6. The molecule has 7 nitrogen and oxygen atoms in total. The molecule has 1 aromatic heterocycles. The Kier molecular flexibility index (Phi) is 8.92. The molecule has 1 aliphatic heterocycles. The van der Waals surface area contributed by atoms with Crippen LogP contribution in [0.15, 0.2) is 72.9 Å². The molecule has 4 rings (SSSR count). The second-order valence-corrected chi connectivity index (χ2v) is 9.27. The van der Waals surface area contributed by atoms with Crippen LogP contribution in [0.5, 0.6) is 0 Å². The van der Waals surface area contributed by atoms with Gasteiger partial charge in [0.1, 0.15) is 12.4 Å². The first-order valence-corrected chi connectivity index (χ1v) is 12.6. The molecule has 0 atom stereocenters. The number of ether oxygens (including phenoxy) is 1. The van der Waals surface area contributed by atoms with E-state index in [9.17, 15) is 9.59 Å². The van der Waals surface area contributed by atoms with Gasteiger partial charge in [-0.25, -0.2) is 9.78 Å². The summed E-state index contributed by atoms with van der Waals surface area (Å²) < 4.78 is 5.47. The number of amides is 2. The van der Waals surface area contributed by atoms with Crippen LogP contribution in [0.3, 0.4) is 0 Å². The van der Waals surface area contributed by atoms with E-state index in [0.717, 1.165) is 31.4 Å². The van der Waals surface area contributed by atoms with E-state index < -0.39 is 0 Å². The molecule has 2 heterocycles. The Morgan fingerprint density at radius 3 is 2.50 bits per heavy atom. The zero-order chi connectivity index (χ0) is 25.2. The maximum absolute atomic E-state index is 12.7. The minimum Gasteiger partial charge on any atom is -0.445 e. The SMILES string of the molecule is Cc1ccc(COC(=O)N2CCC(CNC(=O)c3ccnc(NCCc4ccccc4)c3)CC2)cc1. The van der Waals surface area contributed by atoms with Crippen LogP contribution in [-0.4, -0.2) is 48.1 Å². The Morgan fingerprint density at radius 1 is 1.00 bits per heavy atom. The van der Waals surface area contributed by atoms with Gasteiger partial charge in [0.15, 0.2) is 0 Å². The Bertz CT molecular complexity index is 1130. The van der Waals surface area contributed by atoms with Crippen LogP contribution >= 0.6 is 0 Å². The van der Waals surface area contributed by atoms with Crippen molar-refractivity contribution in [2.24, 2.45) is 5.92 Å². The zero-order valence-electron chi connectivity index (χ0n) is 20.8. The van der Waals surface area contributed by atoms with E-state index >= 15 is 0 Å². The molecule has 0 saturated carbocycles. The van der Waals surface area contributed by atoms with Gasteiger partial charge in [-0.05, 0) is 55.4 Å². The fraction of sp³-hybridized carbons (Fsp3) is 0.345. The summed E-state index contributed by atoms with van der Waals surface area (Å²) in [6, 6.07) is 21.7. The van der Waals surface area contributed by atoms with Gasteiger partial charge in [0.2, 0.25) is 0 Å². The van der Waals surface area contributed by atoms with E-state index in [1.165, 1.54) is 11.1 Å². The van der Waals surface area contributed by atoms with Crippen molar-refractivity contribution in [3.05, 3.63) is 95.2 Å². The Hall–Kier alpha value is -3.87. The molecule has 2 amide bonds. The molecule has 0 bridgehead atoms. The van der Waals surface area contributed by atoms with E-state index in [0.29, 0.717) is 36.9 Å². The molecule has 1 saturated heterocycles. The number of carbonyl (C=O) groups excluding carboxylic acids is 2. The first-order valence-electron chi connectivity index (χ1n) is 12.6. The third-order valence-corrected chi connectivity index (χ3v) is 6.49. The summed E-state index contributed by atoms with van der Waals surface area (Å²) in [6.07, 6.45) is 3.94. The average Bonchev–Trinajstić information content (AvgIpc) is 2.92. The summed E-state index contributed by atoms with van der Waals surface area (Å²) in [7, 11) is 0. The summed E-state index contributed by atoms with van der Waals surface area (Å²) in [5.74, 6) is 0.917. The van der Waals surface area contributed by atoms with Crippen molar-refractivity contribution in [3.8, 4) is 0 Å². The van der Waals surface area contributed by atoms with Gasteiger partial charge in [-0.2, -0.15) is 0 Å². The lowest BCUT2D eigenvalue weighted by atomic mass is 9.97. The monoisotopic (exact) mass is 486 g/mol. The number of aromatic nitrogens is 1. The number of rotatable bonds is 9. The summed E-state index contributed by atoms with van der Waals surface area (Å²) >= 11 is 0. The van der Waals surface area contributed by atoms with E-state index in [2.05, 4.69) is 27.8 Å². The van der Waals surface area contributed by atoms with Crippen molar-refractivity contribution < 1.29 is 14.3 Å². The van der Waals surface area contributed by atoms with Gasteiger partial charge >= 0.3 is 6.09 Å². The topological polar surface area (TPSA) is 83.6 Å². The summed E-state index contributed by atoms with van der Waals surface area (Å²) in [4.78, 5) is 31.2. The smallest absolute Gasteiger partial charge is 0.410 e. The molecular formula is C29H34N4O3. The Labute approximate surface area is 212 Å². The summed E-state index contributed by atoms with van der Waals surface area (Å²) in [5.41, 5.74) is 4.00. The number of carbonyl (C=O) groups is 2. The number of aryl methyl sites for hydroxylation is 1. The van der Waals surface area contributed by atoms with Gasteiger partial charge in [0.05, 0.1) is 0 Å². The van der Waals surface area contributed by atoms with Crippen molar-refractivity contribution in [2.45, 2.75) is 32.8 Å². The van der Waals surface area contributed by atoms with E-state index in [4.69, 9.17) is 4.74 Å². The van der Waals surface area contributed by atoms with Crippen molar-refractivity contribution in [1.82, 2.24) is 15.2 Å². The van der Waals surface area contributed by atoms with Gasteiger partial charge in [-0.1, -0.05) is 60.2 Å². The second-order valence-electron chi connectivity index (χ2n) is 9.27. The lowest BCUT2D eigenvalue weighted by Crippen LogP contribution is -2.41. The van der Waals surface area contributed by atoms with Gasteiger partial charge < -0.3 is 20.3 Å². The van der Waals surface area contributed by atoms with E-state index in [-0.39, 0.29) is 18.6 Å². The largest absolute Gasteiger partial charge is 0.445 e. The van der Waals surface area contributed by atoms with Crippen molar-refractivity contribution in [3.63, 3.8) is 0 Å². The molecule has 2 N–H and O–H groups in total. The molecule has 0 aliphatic carbocycles. The number of piperidine rings is 1. The number of hydrogen-bond donors (Lipinski definition) is 2. The number of nitrogens with one attached hydrogen (secondary N) is 2. The first-order chi connectivity index (χ1) is 17.6. The average molecular weight is 487 g/mol. The number of benzene rings is 2. The first kappa shape index (κ1) is 25.2. The quantitative estimate of drug-likeness (QED) is 0.453. The highest BCUT2D eigenvalue weighted by molar-refractivity contribution is 5.94. The van der Waals surface area contributed by atoms with Crippen molar-refractivity contribution in [2.75, 3.05) is 31.5 Å². The van der Waals surface area contributed by atoms with Crippen LogP contribution in [-0.2, 0) is 17.8 Å². The number of hydrogen-bond acceptors (Lipinski definition) is 5. The van der Waals surface area contributed by atoms with Crippen LogP contribution in [0.2, 0.25) is 0 Å². The number of anilines is 1. The highest BCUT2D eigenvalue weighted by Crippen LogP contribution is 2.18. The molecular weight excluding hydrogens is 452 g/mol. The molecule has 188 valence electrons. The molecule has 0 spiro atoms. The number of nitrogens with zero attached hydrogens (tertiary/aromatic N) is 2. The molecule has 7 heteroatoms. The fourth-order valence-electron chi connectivity index (χ4n) is 4.23.